The first kappa shape index (κ1) is 17.1. The molecule has 3 aromatic rings. The van der Waals surface area contributed by atoms with Gasteiger partial charge in [0.15, 0.2) is 5.16 Å². The van der Waals surface area contributed by atoms with Crippen LogP contribution in [0.3, 0.4) is 0 Å². The maximum Gasteiger partial charge on any atom is 0.238 e. The number of likely N-dealkylation sites (tertiary alicyclic amines) is 1. The van der Waals surface area contributed by atoms with Gasteiger partial charge in [-0.3, -0.25) is 4.79 Å². The number of thioether (sulfide) groups is 1. The fourth-order valence-electron chi connectivity index (χ4n) is 3.45. The molecule has 0 saturated carbocycles. The lowest BCUT2D eigenvalue weighted by atomic mass is 10.2. The topological polar surface area (TPSA) is 77.0 Å². The van der Waals surface area contributed by atoms with Gasteiger partial charge >= 0.3 is 0 Å². The molecule has 1 atom stereocenters. The van der Waals surface area contributed by atoms with E-state index in [0.29, 0.717) is 17.5 Å². The molecule has 8 heteroatoms. The van der Waals surface area contributed by atoms with Crippen LogP contribution in [-0.2, 0) is 11.3 Å². The Labute approximate surface area is 155 Å². The highest BCUT2D eigenvalue weighted by Crippen LogP contribution is 2.32. The summed E-state index contributed by atoms with van der Waals surface area (Å²) in [6.07, 6.45) is 1.82. The van der Waals surface area contributed by atoms with Gasteiger partial charge in [0.2, 0.25) is 17.7 Å². The molecule has 136 valence electrons. The van der Waals surface area contributed by atoms with Gasteiger partial charge in [0.05, 0.1) is 16.8 Å². The molecule has 0 aliphatic carbocycles. The molecule has 26 heavy (non-hydrogen) atoms. The molecule has 0 bridgehead atoms. The summed E-state index contributed by atoms with van der Waals surface area (Å²) in [6.45, 7) is 5.41. The maximum absolute atomic E-state index is 12.8. The molecular weight excluding hydrogens is 350 g/mol. The van der Waals surface area contributed by atoms with Crippen LogP contribution in [-0.4, -0.2) is 42.9 Å². The second-order valence-electron chi connectivity index (χ2n) is 6.32. The minimum absolute atomic E-state index is 0.0862. The molecule has 0 N–H and O–H groups in total. The number of para-hydroxylation sites is 2. The van der Waals surface area contributed by atoms with Crippen molar-refractivity contribution in [3.05, 3.63) is 36.0 Å². The van der Waals surface area contributed by atoms with E-state index in [9.17, 15) is 4.79 Å². The predicted molar refractivity (Wildman–Crippen MR) is 98.9 cm³/mol. The molecular formula is C18H21N5O2S. The Kier molecular flexibility index (Phi) is 4.67. The minimum atomic E-state index is -0.103. The number of rotatable bonds is 5. The molecule has 1 amide bonds. The molecule has 1 aliphatic rings. The summed E-state index contributed by atoms with van der Waals surface area (Å²) in [7, 11) is 0. The Bertz CT molecular complexity index is 935. The highest BCUT2D eigenvalue weighted by molar-refractivity contribution is 7.99. The molecule has 1 saturated heterocycles. The summed E-state index contributed by atoms with van der Waals surface area (Å²) in [6, 6.07) is 7.95. The third kappa shape index (κ3) is 3.09. The van der Waals surface area contributed by atoms with Crippen molar-refractivity contribution in [1.29, 1.82) is 0 Å². The van der Waals surface area contributed by atoms with Crippen molar-refractivity contribution < 1.29 is 9.21 Å². The van der Waals surface area contributed by atoms with Gasteiger partial charge in [-0.25, -0.2) is 4.98 Å². The van der Waals surface area contributed by atoms with Gasteiger partial charge in [-0.2, -0.15) is 0 Å². The molecule has 1 aromatic carbocycles. The second kappa shape index (κ2) is 7.11. The summed E-state index contributed by atoms with van der Waals surface area (Å²) >= 11 is 1.49. The van der Waals surface area contributed by atoms with Gasteiger partial charge in [-0.1, -0.05) is 23.9 Å². The first-order valence-electron chi connectivity index (χ1n) is 8.85. The summed E-state index contributed by atoms with van der Waals surface area (Å²) in [4.78, 5) is 19.3. The average Bonchev–Trinajstić information content (AvgIpc) is 3.36. The average molecular weight is 371 g/mol. The molecule has 2 aromatic heterocycles. The number of hydrogen-bond donors (Lipinski definition) is 0. The van der Waals surface area contributed by atoms with Crippen LogP contribution in [0.4, 0.5) is 0 Å². The van der Waals surface area contributed by atoms with Gasteiger partial charge in [0, 0.05) is 20.0 Å². The van der Waals surface area contributed by atoms with Crippen molar-refractivity contribution >= 4 is 28.7 Å². The van der Waals surface area contributed by atoms with Gasteiger partial charge in [-0.05, 0) is 31.9 Å². The molecule has 0 radical (unpaired) electrons. The standard InChI is InChI=1S/C18H21N5O2S/c1-3-22-14-8-5-4-7-13(14)19-18(22)26-11-16(24)23-10-6-9-15(23)17-21-20-12(2)25-17/h4-5,7-8,15H,3,6,9-11H2,1-2H3/t15-/m1/s1. The van der Waals surface area contributed by atoms with Crippen LogP contribution < -0.4 is 0 Å². The Morgan fingerprint density at radius 1 is 1.35 bits per heavy atom. The van der Waals surface area contributed by atoms with Crippen molar-refractivity contribution in [3.8, 4) is 0 Å². The van der Waals surface area contributed by atoms with Crippen molar-refractivity contribution in [2.45, 2.75) is 44.4 Å². The van der Waals surface area contributed by atoms with E-state index in [2.05, 4.69) is 32.7 Å². The first-order chi connectivity index (χ1) is 12.7. The number of benzene rings is 1. The second-order valence-corrected chi connectivity index (χ2v) is 7.26. The number of aryl methyl sites for hydroxylation is 2. The first-order valence-corrected chi connectivity index (χ1v) is 9.83. The normalized spacial score (nSPS) is 17.3. The Morgan fingerprint density at radius 2 is 2.19 bits per heavy atom. The van der Waals surface area contributed by atoms with Crippen LogP contribution in [0.5, 0.6) is 0 Å². The largest absolute Gasteiger partial charge is 0.423 e. The van der Waals surface area contributed by atoms with Gasteiger partial charge in [-0.15, -0.1) is 10.2 Å². The third-order valence-corrected chi connectivity index (χ3v) is 5.62. The van der Waals surface area contributed by atoms with Crippen LogP contribution in [0.2, 0.25) is 0 Å². The van der Waals surface area contributed by atoms with Crippen LogP contribution in [0, 0.1) is 6.92 Å². The Balaban J connectivity index is 1.48. The summed E-state index contributed by atoms with van der Waals surface area (Å²) in [5.74, 6) is 1.51. The van der Waals surface area contributed by atoms with E-state index >= 15 is 0 Å². The van der Waals surface area contributed by atoms with E-state index in [1.54, 1.807) is 6.92 Å². The van der Waals surface area contributed by atoms with E-state index in [0.717, 1.165) is 42.1 Å². The molecule has 0 unspecified atom stereocenters. The van der Waals surface area contributed by atoms with Crippen molar-refractivity contribution in [1.82, 2.24) is 24.6 Å². The van der Waals surface area contributed by atoms with Crippen molar-refractivity contribution in [2.75, 3.05) is 12.3 Å². The number of nitrogens with zero attached hydrogens (tertiary/aromatic N) is 5. The minimum Gasteiger partial charge on any atom is -0.423 e. The van der Waals surface area contributed by atoms with Gasteiger partial charge in [0.25, 0.3) is 0 Å². The third-order valence-electron chi connectivity index (χ3n) is 4.66. The number of carbonyl (C=O) groups excluding carboxylic acids is 1. The molecule has 7 nitrogen and oxygen atoms in total. The molecule has 0 spiro atoms. The smallest absolute Gasteiger partial charge is 0.238 e. The van der Waals surface area contributed by atoms with E-state index in [1.165, 1.54) is 11.8 Å². The molecule has 1 fully saturated rings. The summed E-state index contributed by atoms with van der Waals surface area (Å²) in [5, 5.41) is 8.87. The fourth-order valence-corrected chi connectivity index (χ4v) is 4.41. The predicted octanol–water partition coefficient (Wildman–Crippen LogP) is 3.20. The van der Waals surface area contributed by atoms with Crippen molar-refractivity contribution in [3.63, 3.8) is 0 Å². The monoisotopic (exact) mass is 371 g/mol. The zero-order valence-corrected chi connectivity index (χ0v) is 15.7. The zero-order chi connectivity index (χ0) is 18.1. The highest BCUT2D eigenvalue weighted by atomic mass is 32.2. The lowest BCUT2D eigenvalue weighted by Crippen LogP contribution is -2.32. The van der Waals surface area contributed by atoms with E-state index in [1.807, 2.05) is 23.1 Å². The Morgan fingerprint density at radius 3 is 2.96 bits per heavy atom. The SMILES string of the molecule is CCn1c(SCC(=O)N2CCC[C@@H]2c2nnc(C)o2)nc2ccccc21. The molecule has 1 aliphatic heterocycles. The lowest BCUT2D eigenvalue weighted by Gasteiger charge is -2.21. The summed E-state index contributed by atoms with van der Waals surface area (Å²) < 4.78 is 7.70. The van der Waals surface area contributed by atoms with Gasteiger partial charge in [0.1, 0.15) is 6.04 Å². The van der Waals surface area contributed by atoms with Crippen LogP contribution in [0.1, 0.15) is 37.6 Å². The van der Waals surface area contributed by atoms with Crippen LogP contribution >= 0.6 is 11.8 Å². The van der Waals surface area contributed by atoms with Crippen LogP contribution in [0.25, 0.3) is 11.0 Å². The number of imidazole rings is 1. The van der Waals surface area contributed by atoms with E-state index in [4.69, 9.17) is 4.42 Å². The maximum atomic E-state index is 12.8. The zero-order valence-electron chi connectivity index (χ0n) is 14.9. The lowest BCUT2D eigenvalue weighted by molar-refractivity contribution is -0.129. The van der Waals surface area contributed by atoms with Crippen LogP contribution in [0.15, 0.2) is 33.8 Å². The van der Waals surface area contributed by atoms with E-state index in [-0.39, 0.29) is 11.9 Å². The number of carbonyl (C=O) groups is 1. The Hall–Kier alpha value is -2.35. The fraction of sp³-hybridized carbons (Fsp3) is 0.444. The summed E-state index contributed by atoms with van der Waals surface area (Å²) in [5.41, 5.74) is 2.06. The molecule has 4 rings (SSSR count). The van der Waals surface area contributed by atoms with Crippen molar-refractivity contribution in [2.24, 2.45) is 0 Å². The number of fused-ring (bicyclic) bond motifs is 1. The molecule has 3 heterocycles. The quantitative estimate of drug-likeness (QED) is 0.641. The number of amides is 1. The highest BCUT2D eigenvalue weighted by Gasteiger charge is 2.33. The van der Waals surface area contributed by atoms with Gasteiger partial charge < -0.3 is 13.9 Å². The number of aromatic nitrogens is 4. The van der Waals surface area contributed by atoms with E-state index < -0.39 is 0 Å². The number of hydrogen-bond acceptors (Lipinski definition) is 6.